The van der Waals surface area contributed by atoms with E-state index in [1.54, 1.807) is 9.36 Å². The number of methoxy groups -OCH3 is 4. The van der Waals surface area contributed by atoms with E-state index in [0.717, 1.165) is 112 Å². The van der Waals surface area contributed by atoms with Crippen molar-refractivity contribution in [3.63, 3.8) is 0 Å². The van der Waals surface area contributed by atoms with E-state index in [0.29, 0.717) is 11.4 Å². The molecular weight excluding hydrogens is 1030 g/mol. The van der Waals surface area contributed by atoms with Crippen LogP contribution in [0.1, 0.15) is 122 Å². The van der Waals surface area contributed by atoms with Crippen LogP contribution in [-0.4, -0.2) is 91.8 Å². The molecule has 0 saturated heterocycles. The third-order valence-electron chi connectivity index (χ3n) is 16.9. The number of aryl methyl sites for hydroxylation is 4. The minimum absolute atomic E-state index is 0.0731. The maximum absolute atomic E-state index is 13.9. The van der Waals surface area contributed by atoms with Gasteiger partial charge in [0.15, 0.2) is 11.4 Å². The van der Waals surface area contributed by atoms with Gasteiger partial charge in [-0.25, -0.2) is 19.2 Å². The second-order valence-corrected chi connectivity index (χ2v) is 21.8. The number of carbonyl (C=O) groups is 4. The monoisotopic (exact) mass is 1090 g/mol. The lowest BCUT2D eigenvalue weighted by Crippen LogP contribution is -2.26. The summed E-state index contributed by atoms with van der Waals surface area (Å²) in [5, 5.41) is 9.63. The third kappa shape index (κ3) is 8.42. The Hall–Kier alpha value is -9.70. The molecule has 0 saturated carbocycles. The average Bonchev–Trinajstić information content (AvgIpc) is 4.53. The minimum atomic E-state index is -0.735. The summed E-state index contributed by atoms with van der Waals surface area (Å²) in [4.78, 5) is 74.5. The number of aromatic nitrogens is 8. The van der Waals surface area contributed by atoms with E-state index in [1.807, 2.05) is 0 Å². The maximum Gasteiger partial charge on any atom is 0.359 e. The van der Waals surface area contributed by atoms with Crippen LogP contribution in [0.3, 0.4) is 0 Å². The van der Waals surface area contributed by atoms with Crippen LogP contribution in [0.2, 0.25) is 0 Å². The van der Waals surface area contributed by atoms with Gasteiger partial charge in [0, 0.05) is 68.0 Å². The lowest BCUT2D eigenvalue weighted by atomic mass is 9.79. The molecule has 16 nitrogen and oxygen atoms in total. The summed E-state index contributed by atoms with van der Waals surface area (Å²) in [6, 6.07) is 42.2. The molecule has 4 aromatic carbocycles. The molecule has 13 rings (SSSR count). The Balaban J connectivity index is 1.21. The number of fused-ring (bicyclic) bond motifs is 16. The standard InChI is InChI=1S/C66H58N8O8/c1-33-9-17-37(18-10-33)51-45-25-26-46(67-45)52(38-19-11-34(2)12-20-38)58-42-30-50-56(64(76)80-6)62(66(78)82-8)72-74(50)32-44(42)60(70-58)54(40-23-15-36(4)16-24-40)48-28-27-47(68-48)53(39-21-13-35(3)14-22-39)59-43-31-73-49(29-41(43)57(51)69-59)55(63(75)79-5)61(71-73)65(77)81-7/h9-28,41-44,67-68H,29-32H2,1-8H3. The topological polar surface area (TPSA) is 198 Å². The lowest BCUT2D eigenvalue weighted by molar-refractivity contribution is 0.0551. The fourth-order valence-electron chi connectivity index (χ4n) is 12.9. The van der Waals surface area contributed by atoms with E-state index >= 15 is 0 Å². The second-order valence-electron chi connectivity index (χ2n) is 21.8. The molecule has 82 heavy (non-hydrogen) atoms. The molecule has 4 aliphatic rings. The number of H-pyrrole nitrogens is 2. The maximum atomic E-state index is 13.9. The zero-order valence-electron chi connectivity index (χ0n) is 46.6. The zero-order chi connectivity index (χ0) is 56.8. The number of benzene rings is 4. The van der Waals surface area contributed by atoms with E-state index in [9.17, 15) is 19.2 Å². The van der Waals surface area contributed by atoms with Gasteiger partial charge >= 0.3 is 23.9 Å². The zero-order valence-corrected chi connectivity index (χ0v) is 46.6. The van der Waals surface area contributed by atoms with Crippen molar-refractivity contribution < 1.29 is 38.1 Å². The van der Waals surface area contributed by atoms with E-state index < -0.39 is 23.9 Å². The van der Waals surface area contributed by atoms with Crippen molar-refractivity contribution in [1.29, 1.82) is 0 Å². The van der Waals surface area contributed by atoms with Crippen molar-refractivity contribution in [2.24, 2.45) is 0 Å². The minimum Gasteiger partial charge on any atom is -0.465 e. The van der Waals surface area contributed by atoms with Crippen LogP contribution in [0.5, 0.6) is 0 Å². The lowest BCUT2D eigenvalue weighted by Gasteiger charge is -2.29. The molecule has 0 amide bonds. The number of rotatable bonds is 8. The Morgan fingerprint density at radius 1 is 0.390 bits per heavy atom. The van der Waals surface area contributed by atoms with Gasteiger partial charge in [-0.05, 0) is 87.1 Å². The van der Waals surface area contributed by atoms with Crippen molar-refractivity contribution in [2.75, 3.05) is 28.4 Å². The van der Waals surface area contributed by atoms with Gasteiger partial charge in [-0.15, -0.1) is 0 Å². The van der Waals surface area contributed by atoms with Gasteiger partial charge in [-0.1, -0.05) is 119 Å². The highest BCUT2D eigenvalue weighted by molar-refractivity contribution is 6.04. The SMILES string of the molecule is COC(=O)c1nn2c(c1C(=O)OC)CC1c3nc(c(-c4ccc(C)cc4)c4ccc([nH]4)c(-c4ccc(C)cc4)c4nc(c(-c5ccc(C)cc5)c5ccc([nH]5)c3-c3ccc(C)cc3)C3Cc5c(C(=O)OC)c(C(=O)OC)nn5CC43)C1C2. The second kappa shape index (κ2) is 20.1. The molecule has 9 aromatic rings. The predicted molar refractivity (Wildman–Crippen MR) is 310 cm³/mol. The first kappa shape index (κ1) is 51.7. The van der Waals surface area contributed by atoms with Crippen LogP contribution < -0.4 is 0 Å². The summed E-state index contributed by atoms with van der Waals surface area (Å²) in [6.45, 7) is 8.81. The predicted octanol–water partition coefficient (Wildman–Crippen LogP) is 12.0. The molecule has 0 fully saturated rings. The van der Waals surface area contributed by atoms with Gasteiger partial charge in [0.05, 0.1) is 75.7 Å². The molecule has 4 unspecified atom stereocenters. The van der Waals surface area contributed by atoms with Gasteiger partial charge in [0.25, 0.3) is 0 Å². The van der Waals surface area contributed by atoms with Crippen LogP contribution in [-0.2, 0) is 44.9 Å². The van der Waals surface area contributed by atoms with Gasteiger partial charge in [-0.2, -0.15) is 10.2 Å². The van der Waals surface area contributed by atoms with Gasteiger partial charge in [0.2, 0.25) is 0 Å². The molecular formula is C66H58N8O8. The van der Waals surface area contributed by atoms with E-state index in [4.69, 9.17) is 39.1 Å². The Morgan fingerprint density at radius 3 is 0.927 bits per heavy atom. The van der Waals surface area contributed by atoms with Gasteiger partial charge in [0.1, 0.15) is 11.1 Å². The van der Waals surface area contributed by atoms with Gasteiger partial charge < -0.3 is 28.9 Å². The summed E-state index contributed by atoms with van der Waals surface area (Å²) >= 11 is 0. The summed E-state index contributed by atoms with van der Waals surface area (Å²) < 4.78 is 24.7. The van der Waals surface area contributed by atoms with Crippen LogP contribution in [0, 0.1) is 27.7 Å². The molecule has 2 N–H and O–H groups in total. The number of nitrogens with zero attached hydrogens (tertiary/aromatic N) is 6. The molecule has 0 spiro atoms. The first-order valence-electron chi connectivity index (χ1n) is 27.4. The molecule has 5 aromatic heterocycles. The fraction of sp³-hybridized carbons (Fsp3) is 0.242. The van der Waals surface area contributed by atoms with Crippen molar-refractivity contribution in [2.45, 2.75) is 77.3 Å². The smallest absolute Gasteiger partial charge is 0.359 e. The molecule has 8 bridgehead atoms. The average molecular weight is 1090 g/mol. The largest absolute Gasteiger partial charge is 0.465 e. The highest BCUT2D eigenvalue weighted by atomic mass is 16.5. The van der Waals surface area contributed by atoms with E-state index in [2.05, 4.69) is 159 Å². The van der Waals surface area contributed by atoms with Crippen molar-refractivity contribution >= 4 is 45.9 Å². The molecule has 9 heterocycles. The van der Waals surface area contributed by atoms with Crippen molar-refractivity contribution in [3.05, 3.63) is 200 Å². The normalized spacial score (nSPS) is 16.8. The summed E-state index contributed by atoms with van der Waals surface area (Å²) in [6.07, 6.45) is 0.571. The van der Waals surface area contributed by atoms with Crippen molar-refractivity contribution in [3.8, 4) is 44.5 Å². The van der Waals surface area contributed by atoms with E-state index in [1.165, 1.54) is 28.4 Å². The molecule has 0 radical (unpaired) electrons. The number of carbonyl (C=O) groups excluding carboxylic acids is 4. The van der Waals surface area contributed by atoms with Gasteiger partial charge in [-0.3, -0.25) is 19.3 Å². The molecule has 0 aliphatic carbocycles. The first-order valence-corrected chi connectivity index (χ1v) is 27.4. The Bertz CT molecular complexity index is 4030. The number of ether oxygens (including phenoxy) is 4. The van der Waals surface area contributed by atoms with Crippen LogP contribution in [0.15, 0.2) is 121 Å². The quantitative estimate of drug-likeness (QED) is 0.108. The number of aromatic amines is 2. The van der Waals surface area contributed by atoms with Crippen LogP contribution in [0.4, 0.5) is 0 Å². The fourth-order valence-corrected chi connectivity index (χ4v) is 12.9. The number of hydrogen-bond donors (Lipinski definition) is 2. The summed E-state index contributed by atoms with van der Waals surface area (Å²) in [5.74, 6) is -4.18. The number of esters is 4. The molecule has 410 valence electrons. The highest BCUT2D eigenvalue weighted by Gasteiger charge is 2.46. The molecule has 16 heteroatoms. The van der Waals surface area contributed by atoms with Crippen molar-refractivity contribution in [1.82, 2.24) is 39.5 Å². The van der Waals surface area contributed by atoms with E-state index in [-0.39, 0.29) is 72.1 Å². The molecule has 4 atom stereocenters. The van der Waals surface area contributed by atoms with Crippen LogP contribution >= 0.6 is 0 Å². The summed E-state index contributed by atoms with van der Waals surface area (Å²) in [5.41, 5.74) is 18.9. The Morgan fingerprint density at radius 2 is 0.659 bits per heavy atom. The Labute approximate surface area is 472 Å². The number of nitrogens with one attached hydrogen (secondary N) is 2. The van der Waals surface area contributed by atoms with Crippen LogP contribution in [0.25, 0.3) is 66.6 Å². The first-order chi connectivity index (χ1) is 39.7. The highest BCUT2D eigenvalue weighted by Crippen LogP contribution is 2.53. The molecule has 4 aliphatic heterocycles. The Kier molecular flexibility index (Phi) is 12.7. The summed E-state index contributed by atoms with van der Waals surface area (Å²) in [7, 11) is 5.15. The third-order valence-corrected chi connectivity index (χ3v) is 16.9. The number of hydrogen-bond acceptors (Lipinski definition) is 12.